The van der Waals surface area contributed by atoms with Crippen LogP contribution in [0.25, 0.3) is 11.3 Å². The third-order valence-electron chi connectivity index (χ3n) is 4.19. The molecule has 19 heavy (non-hydrogen) atoms. The number of nitrogens with two attached hydrogens (primary N) is 1. The summed E-state index contributed by atoms with van der Waals surface area (Å²) < 4.78 is 2.08. The zero-order valence-electron chi connectivity index (χ0n) is 11.7. The predicted octanol–water partition coefficient (Wildman–Crippen LogP) is 3.64. The van der Waals surface area contributed by atoms with E-state index in [2.05, 4.69) is 35.8 Å². The van der Waals surface area contributed by atoms with E-state index in [1.165, 1.54) is 31.2 Å². The van der Waals surface area contributed by atoms with Crippen molar-refractivity contribution < 1.29 is 0 Å². The second kappa shape index (κ2) is 4.72. The van der Waals surface area contributed by atoms with Crippen LogP contribution < -0.4 is 5.73 Å². The van der Waals surface area contributed by atoms with Gasteiger partial charge in [0.2, 0.25) is 0 Å². The average molecular weight is 255 g/mol. The molecule has 0 saturated heterocycles. The van der Waals surface area contributed by atoms with E-state index in [4.69, 9.17) is 10.7 Å². The van der Waals surface area contributed by atoms with Crippen molar-refractivity contribution >= 4 is 5.82 Å². The summed E-state index contributed by atoms with van der Waals surface area (Å²) >= 11 is 0. The maximum Gasteiger partial charge on any atom is 0.131 e. The average Bonchev–Trinajstić information content (AvgIpc) is 3.00. The molecule has 0 radical (unpaired) electrons. The number of nitrogen functional groups attached to an aromatic ring is 1. The molecule has 3 nitrogen and oxygen atoms in total. The first kappa shape index (κ1) is 12.3. The summed E-state index contributed by atoms with van der Waals surface area (Å²) in [7, 11) is 2.04. The highest BCUT2D eigenvalue weighted by molar-refractivity contribution is 5.71. The Morgan fingerprint density at radius 3 is 2.68 bits per heavy atom. The lowest BCUT2D eigenvalue weighted by Crippen LogP contribution is -2.05. The van der Waals surface area contributed by atoms with E-state index in [0.29, 0.717) is 5.92 Å². The first-order valence-electron chi connectivity index (χ1n) is 7.06. The Morgan fingerprint density at radius 1 is 1.26 bits per heavy atom. The van der Waals surface area contributed by atoms with Crippen molar-refractivity contribution in [2.75, 3.05) is 5.73 Å². The standard InChI is InChI=1S/C16H21N3/c1-11-6-5-9-13(10-11)14-15(17)19(2)16(18-14)12-7-3-4-8-12/h5-6,9-10,12H,3-4,7-8,17H2,1-2H3. The van der Waals surface area contributed by atoms with Crippen LogP contribution >= 0.6 is 0 Å². The topological polar surface area (TPSA) is 43.8 Å². The van der Waals surface area contributed by atoms with Gasteiger partial charge < -0.3 is 10.3 Å². The molecule has 1 aromatic carbocycles. The molecule has 0 spiro atoms. The Bertz CT molecular complexity index is 592. The van der Waals surface area contributed by atoms with Crippen LogP contribution in [0, 0.1) is 6.92 Å². The zero-order chi connectivity index (χ0) is 13.4. The smallest absolute Gasteiger partial charge is 0.131 e. The summed E-state index contributed by atoms with van der Waals surface area (Å²) in [6.45, 7) is 2.10. The van der Waals surface area contributed by atoms with E-state index >= 15 is 0 Å². The SMILES string of the molecule is Cc1cccc(-c2nc(C3CCCC3)n(C)c2N)c1. The lowest BCUT2D eigenvalue weighted by Gasteiger charge is -2.08. The van der Waals surface area contributed by atoms with Gasteiger partial charge in [0.25, 0.3) is 0 Å². The molecule has 1 fully saturated rings. The third-order valence-corrected chi connectivity index (χ3v) is 4.19. The summed E-state index contributed by atoms with van der Waals surface area (Å²) in [6.07, 6.45) is 5.13. The quantitative estimate of drug-likeness (QED) is 0.890. The number of benzene rings is 1. The summed E-state index contributed by atoms with van der Waals surface area (Å²) in [4.78, 5) is 4.84. The number of aryl methyl sites for hydroxylation is 1. The minimum atomic E-state index is 0.589. The molecule has 3 rings (SSSR count). The molecule has 0 aliphatic heterocycles. The Hall–Kier alpha value is -1.77. The molecule has 1 aliphatic rings. The van der Waals surface area contributed by atoms with Gasteiger partial charge in [-0.25, -0.2) is 4.98 Å². The van der Waals surface area contributed by atoms with Crippen LogP contribution in [0.5, 0.6) is 0 Å². The van der Waals surface area contributed by atoms with Gasteiger partial charge in [0.15, 0.2) is 0 Å². The monoisotopic (exact) mass is 255 g/mol. The first-order chi connectivity index (χ1) is 9.16. The van der Waals surface area contributed by atoms with E-state index in [9.17, 15) is 0 Å². The lowest BCUT2D eigenvalue weighted by atomic mass is 10.1. The Labute approximate surface area is 114 Å². The molecule has 1 aliphatic carbocycles. The van der Waals surface area contributed by atoms with Crippen LogP contribution in [0.2, 0.25) is 0 Å². The van der Waals surface area contributed by atoms with Gasteiger partial charge in [-0.2, -0.15) is 0 Å². The van der Waals surface area contributed by atoms with Gasteiger partial charge in [-0.15, -0.1) is 0 Å². The van der Waals surface area contributed by atoms with Gasteiger partial charge in [-0.3, -0.25) is 0 Å². The van der Waals surface area contributed by atoms with Crippen LogP contribution in [0.1, 0.15) is 43.0 Å². The number of hydrogen-bond acceptors (Lipinski definition) is 2. The van der Waals surface area contributed by atoms with Gasteiger partial charge in [-0.1, -0.05) is 36.6 Å². The zero-order valence-corrected chi connectivity index (χ0v) is 11.7. The molecule has 2 aromatic rings. The van der Waals surface area contributed by atoms with E-state index in [1.807, 2.05) is 7.05 Å². The lowest BCUT2D eigenvalue weighted by molar-refractivity contribution is 0.635. The van der Waals surface area contributed by atoms with Crippen molar-refractivity contribution in [2.24, 2.45) is 7.05 Å². The molecule has 1 saturated carbocycles. The molecule has 1 aromatic heterocycles. The minimum absolute atomic E-state index is 0.589. The number of imidazole rings is 1. The van der Waals surface area contributed by atoms with Gasteiger partial charge >= 0.3 is 0 Å². The van der Waals surface area contributed by atoms with E-state index in [1.54, 1.807) is 0 Å². The molecule has 3 heteroatoms. The van der Waals surface area contributed by atoms with Crippen molar-refractivity contribution in [1.82, 2.24) is 9.55 Å². The summed E-state index contributed by atoms with van der Waals surface area (Å²) in [5, 5.41) is 0. The number of hydrogen-bond donors (Lipinski definition) is 1. The summed E-state index contributed by atoms with van der Waals surface area (Å²) in [6, 6.07) is 8.40. The van der Waals surface area contributed by atoms with Gasteiger partial charge in [0.1, 0.15) is 17.3 Å². The number of anilines is 1. The van der Waals surface area contributed by atoms with E-state index < -0.39 is 0 Å². The van der Waals surface area contributed by atoms with Gasteiger partial charge in [0.05, 0.1) is 0 Å². The fraction of sp³-hybridized carbons (Fsp3) is 0.438. The second-order valence-corrected chi connectivity index (χ2v) is 5.61. The minimum Gasteiger partial charge on any atom is -0.383 e. The highest BCUT2D eigenvalue weighted by Crippen LogP contribution is 2.36. The molecular formula is C16H21N3. The maximum absolute atomic E-state index is 6.25. The molecule has 1 heterocycles. The highest BCUT2D eigenvalue weighted by Gasteiger charge is 2.24. The fourth-order valence-electron chi connectivity index (χ4n) is 3.08. The van der Waals surface area contributed by atoms with Crippen molar-refractivity contribution in [3.05, 3.63) is 35.7 Å². The summed E-state index contributed by atoms with van der Waals surface area (Å²) in [5.41, 5.74) is 9.55. The van der Waals surface area contributed by atoms with Gasteiger partial charge in [0, 0.05) is 18.5 Å². The van der Waals surface area contributed by atoms with Crippen molar-refractivity contribution in [2.45, 2.75) is 38.5 Å². The van der Waals surface area contributed by atoms with E-state index in [-0.39, 0.29) is 0 Å². The first-order valence-corrected chi connectivity index (χ1v) is 7.06. The molecule has 0 bridgehead atoms. The molecule has 0 atom stereocenters. The Kier molecular flexibility index (Phi) is 3.05. The Balaban J connectivity index is 2.05. The molecular weight excluding hydrogens is 234 g/mol. The normalized spacial score (nSPS) is 16.1. The van der Waals surface area contributed by atoms with Crippen LogP contribution in [0.3, 0.4) is 0 Å². The number of aromatic nitrogens is 2. The Morgan fingerprint density at radius 2 is 2.00 bits per heavy atom. The highest BCUT2D eigenvalue weighted by atomic mass is 15.1. The van der Waals surface area contributed by atoms with Crippen LogP contribution in [0.4, 0.5) is 5.82 Å². The van der Waals surface area contributed by atoms with Crippen molar-refractivity contribution in [3.63, 3.8) is 0 Å². The van der Waals surface area contributed by atoms with Crippen molar-refractivity contribution in [3.8, 4) is 11.3 Å². The van der Waals surface area contributed by atoms with Crippen LogP contribution in [0.15, 0.2) is 24.3 Å². The van der Waals surface area contributed by atoms with E-state index in [0.717, 1.165) is 22.9 Å². The van der Waals surface area contributed by atoms with Crippen LogP contribution in [-0.2, 0) is 7.05 Å². The number of nitrogens with zero attached hydrogens (tertiary/aromatic N) is 2. The van der Waals surface area contributed by atoms with Crippen molar-refractivity contribution in [1.29, 1.82) is 0 Å². The molecule has 0 amide bonds. The molecule has 100 valence electrons. The summed E-state index contributed by atoms with van der Waals surface area (Å²) in [5.74, 6) is 2.53. The van der Waals surface area contributed by atoms with Crippen LogP contribution in [-0.4, -0.2) is 9.55 Å². The molecule has 2 N–H and O–H groups in total. The fourth-order valence-corrected chi connectivity index (χ4v) is 3.08. The van der Waals surface area contributed by atoms with Gasteiger partial charge in [-0.05, 0) is 25.8 Å². The third kappa shape index (κ3) is 2.14. The predicted molar refractivity (Wildman–Crippen MR) is 79.0 cm³/mol. The maximum atomic E-state index is 6.25. The molecule has 0 unspecified atom stereocenters. The largest absolute Gasteiger partial charge is 0.383 e. The number of rotatable bonds is 2. The second-order valence-electron chi connectivity index (χ2n) is 5.61.